The fourth-order valence-electron chi connectivity index (χ4n) is 7.30. The lowest BCUT2D eigenvalue weighted by Crippen LogP contribution is -2.26. The molecule has 0 aromatic heterocycles. The average Bonchev–Trinajstić information content (AvgIpc) is 3.47. The van der Waals surface area contributed by atoms with Gasteiger partial charge in [-0.25, -0.2) is 0 Å². The van der Waals surface area contributed by atoms with E-state index in [9.17, 15) is 0 Å². The normalized spacial score (nSPS) is 14.9. The summed E-state index contributed by atoms with van der Waals surface area (Å²) in [4.78, 5) is 2.61. The van der Waals surface area contributed by atoms with Crippen LogP contribution in [0, 0.1) is 0 Å². The van der Waals surface area contributed by atoms with Crippen LogP contribution in [0.25, 0.3) is 22.3 Å². The maximum atomic E-state index is 2.61. The third-order valence-corrected chi connectivity index (χ3v) is 8.79. The van der Waals surface area contributed by atoms with E-state index < -0.39 is 0 Å². The number of hydrogen-bond acceptors (Lipinski definition) is 1. The molecule has 0 radical (unpaired) electrons. The molecular weight excluding hydrogens is 422 g/mol. The van der Waals surface area contributed by atoms with Gasteiger partial charge in [-0.3, -0.25) is 0 Å². The number of fused-ring (bicyclic) bond motifs is 12. The topological polar surface area (TPSA) is 3.24 Å². The van der Waals surface area contributed by atoms with Crippen molar-refractivity contribution in [3.8, 4) is 22.3 Å². The lowest BCUT2D eigenvalue weighted by Gasteiger charge is -2.41. The molecule has 2 heterocycles. The first-order valence-electron chi connectivity index (χ1n) is 12.7. The molecule has 2 aliphatic heterocycles. The summed E-state index contributed by atoms with van der Waals surface area (Å²) >= 11 is 0. The lowest BCUT2D eigenvalue weighted by atomic mass is 9.80. The summed E-state index contributed by atoms with van der Waals surface area (Å²) in [5, 5.41) is 0. The van der Waals surface area contributed by atoms with E-state index in [-0.39, 0.29) is 0 Å². The Labute approximate surface area is 205 Å². The Kier molecular flexibility index (Phi) is 3.29. The zero-order valence-corrected chi connectivity index (χ0v) is 19.4. The summed E-state index contributed by atoms with van der Waals surface area (Å²) < 4.78 is 0. The van der Waals surface area contributed by atoms with Gasteiger partial charge in [0.25, 0.3) is 0 Å². The zero-order chi connectivity index (χ0) is 22.7. The van der Waals surface area contributed by atoms with Crippen molar-refractivity contribution < 1.29 is 0 Å². The Bertz CT molecular complexity index is 1760. The van der Waals surface area contributed by atoms with Crippen molar-refractivity contribution in [3.05, 3.63) is 136 Å². The first-order chi connectivity index (χ1) is 17.3. The van der Waals surface area contributed by atoms with Crippen molar-refractivity contribution in [3.63, 3.8) is 0 Å². The van der Waals surface area contributed by atoms with E-state index >= 15 is 0 Å². The van der Waals surface area contributed by atoms with Gasteiger partial charge in [0.1, 0.15) is 0 Å². The van der Waals surface area contributed by atoms with E-state index in [1.165, 1.54) is 72.7 Å². The van der Waals surface area contributed by atoms with Crippen LogP contribution in [0.5, 0.6) is 0 Å². The molecule has 35 heavy (non-hydrogen) atoms. The molecule has 0 N–H and O–H groups in total. The van der Waals surface area contributed by atoms with E-state index in [1.807, 2.05) is 0 Å². The SMILES string of the molecule is c1ccc2c(c1)Cc1c-2ccc2c1Cc1c3c(cc4c1N2c1ccccc1C4)-c1ccccc1C3. The maximum Gasteiger partial charge on any atom is 0.0535 e. The first-order valence-corrected chi connectivity index (χ1v) is 12.7. The van der Waals surface area contributed by atoms with Crippen LogP contribution < -0.4 is 4.90 Å². The van der Waals surface area contributed by atoms with Crippen LogP contribution in [0.1, 0.15) is 44.5 Å². The molecule has 0 bridgehead atoms. The zero-order valence-electron chi connectivity index (χ0n) is 19.4. The van der Waals surface area contributed by atoms with Gasteiger partial charge in [-0.2, -0.15) is 0 Å². The Morgan fingerprint density at radius 2 is 1.06 bits per heavy atom. The molecule has 0 spiro atoms. The van der Waals surface area contributed by atoms with Gasteiger partial charge >= 0.3 is 0 Å². The molecule has 0 saturated heterocycles. The van der Waals surface area contributed by atoms with Crippen molar-refractivity contribution in [2.45, 2.75) is 25.7 Å². The predicted molar refractivity (Wildman–Crippen MR) is 143 cm³/mol. The highest BCUT2D eigenvalue weighted by molar-refractivity contribution is 5.95. The first kappa shape index (κ1) is 18.3. The van der Waals surface area contributed by atoms with Crippen LogP contribution in [0.3, 0.4) is 0 Å². The van der Waals surface area contributed by atoms with Crippen molar-refractivity contribution in [2.75, 3.05) is 4.90 Å². The second-order valence-corrected chi connectivity index (χ2v) is 10.5. The standard InChI is InChI=1S/C34H23N/c1-4-10-24-20(7-1)16-28-26(24)13-14-33-30(28)19-31-29-17-21-8-2-5-11-25(21)27(29)18-23-15-22-9-3-6-12-32(22)35(33)34(23)31/h1-14,18H,15-17,19H2. The molecule has 9 rings (SSSR count). The predicted octanol–water partition coefficient (Wildman–Crippen LogP) is 8.11. The van der Waals surface area contributed by atoms with Crippen molar-refractivity contribution in [1.29, 1.82) is 0 Å². The molecule has 0 atom stereocenters. The Morgan fingerprint density at radius 3 is 1.86 bits per heavy atom. The van der Waals surface area contributed by atoms with Gasteiger partial charge in [-0.05, 0) is 97.8 Å². The van der Waals surface area contributed by atoms with Gasteiger partial charge in [0, 0.05) is 18.5 Å². The van der Waals surface area contributed by atoms with Gasteiger partial charge in [0.05, 0.1) is 11.4 Å². The van der Waals surface area contributed by atoms with Gasteiger partial charge in [0.2, 0.25) is 0 Å². The summed E-state index contributed by atoms with van der Waals surface area (Å²) in [5.74, 6) is 0. The molecule has 5 aromatic rings. The highest BCUT2D eigenvalue weighted by Crippen LogP contribution is 2.56. The molecule has 2 aliphatic carbocycles. The van der Waals surface area contributed by atoms with Crippen LogP contribution in [0.2, 0.25) is 0 Å². The van der Waals surface area contributed by atoms with E-state index in [1.54, 1.807) is 11.1 Å². The van der Waals surface area contributed by atoms with E-state index in [2.05, 4.69) is 95.9 Å². The largest absolute Gasteiger partial charge is 0.309 e. The minimum atomic E-state index is 1.01. The fraction of sp³-hybridized carbons (Fsp3) is 0.118. The van der Waals surface area contributed by atoms with Crippen LogP contribution in [0.15, 0.2) is 91.0 Å². The van der Waals surface area contributed by atoms with Gasteiger partial charge in [-0.15, -0.1) is 0 Å². The molecule has 1 heteroatoms. The van der Waals surface area contributed by atoms with E-state index in [0.29, 0.717) is 0 Å². The summed E-state index contributed by atoms with van der Waals surface area (Å²) in [6, 6.07) is 34.3. The quantitative estimate of drug-likeness (QED) is 0.228. The molecule has 5 aromatic carbocycles. The molecular formula is C34H23N. The van der Waals surface area contributed by atoms with E-state index in [4.69, 9.17) is 0 Å². The van der Waals surface area contributed by atoms with Gasteiger partial charge < -0.3 is 4.90 Å². The highest BCUT2D eigenvalue weighted by atomic mass is 15.2. The van der Waals surface area contributed by atoms with Gasteiger partial charge in [-0.1, -0.05) is 72.8 Å². The Hall–Kier alpha value is -4.10. The number of hydrogen-bond donors (Lipinski definition) is 0. The number of benzene rings is 5. The molecule has 0 unspecified atom stereocenters. The molecule has 0 saturated carbocycles. The molecule has 0 fully saturated rings. The third kappa shape index (κ3) is 2.24. The van der Waals surface area contributed by atoms with Crippen LogP contribution >= 0.6 is 0 Å². The summed E-state index contributed by atoms with van der Waals surface area (Å²) in [6.07, 6.45) is 4.14. The average molecular weight is 446 g/mol. The minimum Gasteiger partial charge on any atom is -0.309 e. The minimum absolute atomic E-state index is 1.01. The van der Waals surface area contributed by atoms with E-state index in [0.717, 1.165) is 25.7 Å². The lowest BCUT2D eigenvalue weighted by molar-refractivity contribution is 0.981. The van der Waals surface area contributed by atoms with Gasteiger partial charge in [0.15, 0.2) is 0 Å². The Morgan fingerprint density at radius 1 is 0.400 bits per heavy atom. The number of rotatable bonds is 0. The number of nitrogens with zero attached hydrogens (tertiary/aromatic N) is 1. The third-order valence-electron chi connectivity index (χ3n) is 8.79. The summed E-state index contributed by atoms with van der Waals surface area (Å²) in [5.41, 5.74) is 22.0. The summed E-state index contributed by atoms with van der Waals surface area (Å²) in [6.45, 7) is 0. The van der Waals surface area contributed by atoms with Crippen molar-refractivity contribution >= 4 is 17.1 Å². The van der Waals surface area contributed by atoms with Crippen molar-refractivity contribution in [2.24, 2.45) is 0 Å². The number of para-hydroxylation sites is 1. The van der Waals surface area contributed by atoms with Crippen LogP contribution in [-0.4, -0.2) is 0 Å². The molecule has 164 valence electrons. The molecule has 1 nitrogen and oxygen atoms in total. The maximum absolute atomic E-state index is 2.61. The Balaban J connectivity index is 1.35. The molecule has 4 aliphatic rings. The highest BCUT2D eigenvalue weighted by Gasteiger charge is 2.37. The number of anilines is 3. The van der Waals surface area contributed by atoms with Crippen LogP contribution in [-0.2, 0) is 25.7 Å². The second-order valence-electron chi connectivity index (χ2n) is 10.5. The second kappa shape index (κ2) is 6.31. The van der Waals surface area contributed by atoms with Crippen molar-refractivity contribution in [1.82, 2.24) is 0 Å². The monoisotopic (exact) mass is 445 g/mol. The van der Waals surface area contributed by atoms with Crippen LogP contribution in [0.4, 0.5) is 17.1 Å². The summed E-state index contributed by atoms with van der Waals surface area (Å²) in [7, 11) is 0. The fourth-order valence-corrected chi connectivity index (χ4v) is 7.30. The molecule has 0 amide bonds. The smallest absolute Gasteiger partial charge is 0.0535 e.